The van der Waals surface area contributed by atoms with Crippen LogP contribution in [-0.4, -0.2) is 53.5 Å². The molecule has 116 valence electrons. The van der Waals surface area contributed by atoms with Crippen LogP contribution in [0.2, 0.25) is 0 Å². The van der Waals surface area contributed by atoms with Gasteiger partial charge in [-0.05, 0) is 26.5 Å². The van der Waals surface area contributed by atoms with Gasteiger partial charge in [0.1, 0.15) is 17.5 Å². The van der Waals surface area contributed by atoms with Crippen LogP contribution in [0, 0.1) is 0 Å². The number of allylic oxidation sites excluding steroid dienone is 2. The molecule has 2 rings (SSSR count). The largest absolute Gasteiger partial charge is 0.385 e. The standard InChI is InChI=1S/C14H19Cl2N3O2/c1-4-5-19-10(7-17-3)18-14(2)11(13(19)21)8(15)6-9(16)12(14)20/h6,12,17,20H,4-5,7H2,1-3H3. The maximum absolute atomic E-state index is 12.8. The molecular weight excluding hydrogens is 313 g/mol. The molecule has 1 amide bonds. The van der Waals surface area contributed by atoms with Crippen molar-refractivity contribution >= 4 is 34.9 Å². The van der Waals surface area contributed by atoms with Gasteiger partial charge in [0.05, 0.1) is 22.2 Å². The molecule has 2 unspecified atom stereocenters. The molecule has 1 heterocycles. The number of carbonyl (C=O) groups is 1. The Morgan fingerprint density at radius 2 is 2.19 bits per heavy atom. The van der Waals surface area contributed by atoms with Crippen molar-refractivity contribution in [3.8, 4) is 0 Å². The fraction of sp³-hybridized carbons (Fsp3) is 0.571. The minimum atomic E-state index is -1.14. The Morgan fingerprint density at radius 1 is 1.52 bits per heavy atom. The first kappa shape index (κ1) is 16.5. The van der Waals surface area contributed by atoms with Gasteiger partial charge in [-0.3, -0.25) is 14.7 Å². The SMILES string of the molecule is CCCN1C(=O)C2=C(Cl)C=C(Cl)C(O)C2(C)N=C1CNC. The number of aliphatic hydroxyl groups is 1. The van der Waals surface area contributed by atoms with E-state index in [9.17, 15) is 9.90 Å². The maximum Gasteiger partial charge on any atom is 0.259 e. The van der Waals surface area contributed by atoms with E-state index in [1.807, 2.05) is 6.92 Å². The third-order valence-corrected chi connectivity index (χ3v) is 4.33. The molecule has 2 atom stereocenters. The lowest BCUT2D eigenvalue weighted by Crippen LogP contribution is -2.56. The van der Waals surface area contributed by atoms with Gasteiger partial charge in [-0.1, -0.05) is 30.1 Å². The Hall–Kier alpha value is -0.880. The topological polar surface area (TPSA) is 64.9 Å². The number of aliphatic hydroxyl groups excluding tert-OH is 1. The summed E-state index contributed by atoms with van der Waals surface area (Å²) in [5, 5.41) is 13.8. The third-order valence-electron chi connectivity index (χ3n) is 3.72. The lowest BCUT2D eigenvalue weighted by Gasteiger charge is -2.43. The monoisotopic (exact) mass is 331 g/mol. The van der Waals surface area contributed by atoms with E-state index in [2.05, 4.69) is 10.3 Å². The van der Waals surface area contributed by atoms with E-state index in [1.54, 1.807) is 18.9 Å². The van der Waals surface area contributed by atoms with Crippen molar-refractivity contribution in [2.45, 2.75) is 31.9 Å². The Bertz CT molecular complexity index is 556. The number of carbonyl (C=O) groups excluding carboxylic acids is 1. The van der Waals surface area contributed by atoms with E-state index in [-0.39, 0.29) is 16.0 Å². The zero-order chi connectivity index (χ0) is 15.8. The molecular formula is C14H19Cl2N3O2. The molecule has 21 heavy (non-hydrogen) atoms. The van der Waals surface area contributed by atoms with Crippen molar-refractivity contribution in [3.05, 3.63) is 21.7 Å². The Kier molecular flexibility index (Phi) is 4.78. The number of aliphatic imine (C=N–C) groups is 1. The van der Waals surface area contributed by atoms with E-state index in [4.69, 9.17) is 23.2 Å². The quantitative estimate of drug-likeness (QED) is 0.822. The van der Waals surface area contributed by atoms with Crippen LogP contribution < -0.4 is 5.32 Å². The van der Waals surface area contributed by atoms with Gasteiger partial charge in [0, 0.05) is 6.54 Å². The number of hydrogen-bond acceptors (Lipinski definition) is 4. The van der Waals surface area contributed by atoms with Crippen LogP contribution in [-0.2, 0) is 4.79 Å². The second kappa shape index (κ2) is 6.08. The van der Waals surface area contributed by atoms with Crippen molar-refractivity contribution in [3.63, 3.8) is 0 Å². The van der Waals surface area contributed by atoms with Gasteiger partial charge in [-0.2, -0.15) is 0 Å². The Balaban J connectivity index is 2.61. The van der Waals surface area contributed by atoms with Gasteiger partial charge in [-0.15, -0.1) is 0 Å². The molecule has 1 aliphatic carbocycles. The zero-order valence-corrected chi connectivity index (χ0v) is 13.8. The number of likely N-dealkylation sites (N-methyl/N-ethyl adjacent to an activating group) is 1. The van der Waals surface area contributed by atoms with Crippen molar-refractivity contribution in [2.24, 2.45) is 4.99 Å². The highest BCUT2D eigenvalue weighted by Gasteiger charge is 2.50. The number of rotatable bonds is 4. The highest BCUT2D eigenvalue weighted by atomic mass is 35.5. The average molecular weight is 332 g/mol. The number of amidine groups is 1. The smallest absolute Gasteiger partial charge is 0.259 e. The van der Waals surface area contributed by atoms with Gasteiger partial charge < -0.3 is 10.4 Å². The first-order valence-corrected chi connectivity index (χ1v) is 7.63. The summed E-state index contributed by atoms with van der Waals surface area (Å²) >= 11 is 12.2. The summed E-state index contributed by atoms with van der Waals surface area (Å²) < 4.78 is 0. The lowest BCUT2D eigenvalue weighted by molar-refractivity contribution is -0.125. The van der Waals surface area contributed by atoms with E-state index in [0.29, 0.717) is 24.5 Å². The van der Waals surface area contributed by atoms with Gasteiger partial charge in [0.15, 0.2) is 0 Å². The Labute approximate surface area is 134 Å². The number of nitrogens with zero attached hydrogens (tertiary/aromatic N) is 2. The van der Waals surface area contributed by atoms with Crippen molar-refractivity contribution in [1.29, 1.82) is 0 Å². The summed E-state index contributed by atoms with van der Waals surface area (Å²) in [6.07, 6.45) is 1.15. The third kappa shape index (κ3) is 2.63. The predicted octanol–water partition coefficient (Wildman–Crippen LogP) is 1.61. The second-order valence-corrected chi connectivity index (χ2v) is 6.16. The van der Waals surface area contributed by atoms with Crippen LogP contribution in [0.1, 0.15) is 20.3 Å². The summed E-state index contributed by atoms with van der Waals surface area (Å²) in [7, 11) is 1.78. The number of nitrogens with one attached hydrogen (secondary N) is 1. The molecule has 5 nitrogen and oxygen atoms in total. The van der Waals surface area contributed by atoms with E-state index in [1.165, 1.54) is 6.08 Å². The summed E-state index contributed by atoms with van der Waals surface area (Å²) in [4.78, 5) is 19.0. The summed E-state index contributed by atoms with van der Waals surface area (Å²) in [5.74, 6) is 0.370. The first-order valence-electron chi connectivity index (χ1n) is 6.87. The van der Waals surface area contributed by atoms with Crippen molar-refractivity contribution < 1.29 is 9.90 Å². The molecule has 0 bridgehead atoms. The highest BCUT2D eigenvalue weighted by Crippen LogP contribution is 2.42. The average Bonchev–Trinajstić information content (AvgIpc) is 2.41. The normalized spacial score (nSPS) is 29.3. The van der Waals surface area contributed by atoms with E-state index < -0.39 is 11.6 Å². The zero-order valence-electron chi connectivity index (χ0n) is 12.3. The molecule has 0 saturated carbocycles. The van der Waals surface area contributed by atoms with Crippen LogP contribution in [0.25, 0.3) is 0 Å². The van der Waals surface area contributed by atoms with Crippen LogP contribution in [0.15, 0.2) is 26.7 Å². The molecule has 0 saturated heterocycles. The van der Waals surface area contributed by atoms with Crippen LogP contribution in [0.3, 0.4) is 0 Å². The van der Waals surface area contributed by atoms with Gasteiger partial charge in [0.2, 0.25) is 0 Å². The molecule has 0 fully saturated rings. The number of amides is 1. The predicted molar refractivity (Wildman–Crippen MR) is 84.6 cm³/mol. The van der Waals surface area contributed by atoms with Gasteiger partial charge in [0.25, 0.3) is 5.91 Å². The maximum atomic E-state index is 12.8. The minimum Gasteiger partial charge on any atom is -0.385 e. The first-order chi connectivity index (χ1) is 9.86. The molecule has 2 N–H and O–H groups in total. The number of halogens is 2. The molecule has 0 aromatic rings. The van der Waals surface area contributed by atoms with Crippen molar-refractivity contribution in [1.82, 2.24) is 10.2 Å². The van der Waals surface area contributed by atoms with Gasteiger partial charge in [-0.25, -0.2) is 0 Å². The molecule has 0 radical (unpaired) electrons. The molecule has 0 aromatic heterocycles. The van der Waals surface area contributed by atoms with Crippen LogP contribution in [0.5, 0.6) is 0 Å². The molecule has 7 heteroatoms. The summed E-state index contributed by atoms with van der Waals surface area (Å²) in [5.41, 5.74) is -0.842. The molecule has 0 spiro atoms. The Morgan fingerprint density at radius 3 is 2.76 bits per heavy atom. The molecule has 0 aromatic carbocycles. The fourth-order valence-electron chi connectivity index (χ4n) is 2.68. The van der Waals surface area contributed by atoms with Crippen LogP contribution >= 0.6 is 23.2 Å². The summed E-state index contributed by atoms with van der Waals surface area (Å²) in [6, 6.07) is 0. The minimum absolute atomic E-state index is 0.190. The summed E-state index contributed by atoms with van der Waals surface area (Å²) in [6.45, 7) is 4.65. The second-order valence-electron chi connectivity index (χ2n) is 5.32. The van der Waals surface area contributed by atoms with Crippen LogP contribution in [0.4, 0.5) is 0 Å². The van der Waals surface area contributed by atoms with E-state index in [0.717, 1.165) is 6.42 Å². The number of hydrogen-bond donors (Lipinski definition) is 2. The lowest BCUT2D eigenvalue weighted by atomic mass is 9.80. The molecule has 2 aliphatic rings. The highest BCUT2D eigenvalue weighted by molar-refractivity contribution is 6.38. The number of fused-ring (bicyclic) bond motifs is 1. The fourth-order valence-corrected chi connectivity index (χ4v) is 3.45. The molecule has 1 aliphatic heterocycles. The van der Waals surface area contributed by atoms with E-state index >= 15 is 0 Å². The van der Waals surface area contributed by atoms with Crippen molar-refractivity contribution in [2.75, 3.05) is 20.1 Å². The van der Waals surface area contributed by atoms with Gasteiger partial charge >= 0.3 is 0 Å².